The molecule has 0 fully saturated rings. The SMILES string of the molecule is Cc1noc(C)c1-c1ccc2ccn(CC(=O)N[C@@H](CO)Cc3ccc(Cl)cc3)c2n1. The predicted molar refractivity (Wildman–Crippen MR) is 119 cm³/mol. The number of nitrogens with one attached hydrogen (secondary N) is 1. The van der Waals surface area contributed by atoms with Crippen molar-refractivity contribution in [3.63, 3.8) is 0 Å². The summed E-state index contributed by atoms with van der Waals surface area (Å²) in [7, 11) is 0. The van der Waals surface area contributed by atoms with Gasteiger partial charge in [0.15, 0.2) is 0 Å². The van der Waals surface area contributed by atoms with Crippen molar-refractivity contribution in [1.29, 1.82) is 0 Å². The molecular formula is C23H23ClN4O3. The number of halogens is 1. The van der Waals surface area contributed by atoms with Gasteiger partial charge in [-0.3, -0.25) is 4.79 Å². The van der Waals surface area contributed by atoms with Crippen LogP contribution >= 0.6 is 11.6 Å². The minimum atomic E-state index is -0.388. The summed E-state index contributed by atoms with van der Waals surface area (Å²) in [5.74, 6) is 0.503. The van der Waals surface area contributed by atoms with Gasteiger partial charge in [-0.1, -0.05) is 28.9 Å². The number of hydrogen-bond donors (Lipinski definition) is 2. The van der Waals surface area contributed by atoms with E-state index >= 15 is 0 Å². The fourth-order valence-corrected chi connectivity index (χ4v) is 3.80. The van der Waals surface area contributed by atoms with Crippen molar-refractivity contribution in [2.45, 2.75) is 32.9 Å². The van der Waals surface area contributed by atoms with E-state index in [0.717, 1.165) is 27.9 Å². The van der Waals surface area contributed by atoms with E-state index in [1.807, 2.05) is 50.4 Å². The second-order valence-corrected chi connectivity index (χ2v) is 7.97. The molecule has 7 nitrogen and oxygen atoms in total. The first-order valence-corrected chi connectivity index (χ1v) is 10.4. The standard InChI is InChI=1S/C23H23ClN4O3/c1-14-22(15(2)31-27-14)20-8-5-17-9-10-28(23(17)26-20)12-21(30)25-19(13-29)11-16-3-6-18(24)7-4-16/h3-10,19,29H,11-13H2,1-2H3,(H,25,30)/t19-/m1/s1. The van der Waals surface area contributed by atoms with E-state index in [2.05, 4.69) is 10.5 Å². The van der Waals surface area contributed by atoms with E-state index in [1.165, 1.54) is 0 Å². The summed E-state index contributed by atoms with van der Waals surface area (Å²) in [6.45, 7) is 3.66. The Morgan fingerprint density at radius 1 is 1.19 bits per heavy atom. The summed E-state index contributed by atoms with van der Waals surface area (Å²) in [5, 5.41) is 18.2. The van der Waals surface area contributed by atoms with Gasteiger partial charge in [0.25, 0.3) is 0 Å². The Bertz CT molecular complexity index is 1190. The third kappa shape index (κ3) is 4.62. The highest BCUT2D eigenvalue weighted by Crippen LogP contribution is 2.27. The fraction of sp³-hybridized carbons (Fsp3) is 0.261. The summed E-state index contributed by atoms with van der Waals surface area (Å²) in [5.41, 5.74) is 4.07. The number of fused-ring (bicyclic) bond motifs is 1. The molecule has 160 valence electrons. The van der Waals surface area contributed by atoms with Gasteiger partial charge in [0, 0.05) is 16.6 Å². The van der Waals surface area contributed by atoms with Crippen LogP contribution in [0.25, 0.3) is 22.3 Å². The first-order chi connectivity index (χ1) is 14.9. The van der Waals surface area contributed by atoms with Crippen LogP contribution in [0.5, 0.6) is 0 Å². The number of aliphatic hydroxyl groups is 1. The van der Waals surface area contributed by atoms with Crippen molar-refractivity contribution >= 4 is 28.5 Å². The Kier molecular flexibility index (Phi) is 6.06. The number of carbonyl (C=O) groups is 1. The topological polar surface area (TPSA) is 93.2 Å². The van der Waals surface area contributed by atoms with Crippen molar-refractivity contribution < 1.29 is 14.4 Å². The highest BCUT2D eigenvalue weighted by molar-refractivity contribution is 6.30. The number of benzene rings is 1. The number of nitrogens with zero attached hydrogens (tertiary/aromatic N) is 3. The highest BCUT2D eigenvalue weighted by atomic mass is 35.5. The van der Waals surface area contributed by atoms with Crippen molar-refractivity contribution in [2.24, 2.45) is 0 Å². The molecule has 0 aliphatic rings. The lowest BCUT2D eigenvalue weighted by atomic mass is 10.1. The van der Waals surface area contributed by atoms with Gasteiger partial charge in [-0.15, -0.1) is 0 Å². The van der Waals surface area contributed by atoms with Crippen LogP contribution < -0.4 is 5.32 Å². The summed E-state index contributed by atoms with van der Waals surface area (Å²) < 4.78 is 7.05. The average Bonchev–Trinajstić information content (AvgIpc) is 3.31. The molecule has 0 unspecified atom stereocenters. The largest absolute Gasteiger partial charge is 0.394 e. The quantitative estimate of drug-likeness (QED) is 0.459. The van der Waals surface area contributed by atoms with Gasteiger partial charge in [-0.05, 0) is 56.2 Å². The number of carbonyl (C=O) groups excluding carboxylic acids is 1. The van der Waals surface area contributed by atoms with Crippen LogP contribution in [0.15, 0.2) is 53.2 Å². The number of rotatable bonds is 7. The lowest BCUT2D eigenvalue weighted by molar-refractivity contribution is -0.122. The lowest BCUT2D eigenvalue weighted by Gasteiger charge is -2.17. The Labute approximate surface area is 184 Å². The van der Waals surface area contributed by atoms with Crippen LogP contribution in [0.1, 0.15) is 17.0 Å². The maximum absolute atomic E-state index is 12.7. The smallest absolute Gasteiger partial charge is 0.240 e. The maximum Gasteiger partial charge on any atom is 0.240 e. The molecule has 0 aliphatic heterocycles. The fourth-order valence-electron chi connectivity index (χ4n) is 3.67. The zero-order valence-corrected chi connectivity index (χ0v) is 18.1. The summed E-state index contributed by atoms with van der Waals surface area (Å²) in [6.07, 6.45) is 2.35. The summed E-state index contributed by atoms with van der Waals surface area (Å²) >= 11 is 5.92. The molecule has 1 aromatic carbocycles. The number of amides is 1. The molecule has 2 N–H and O–H groups in total. The van der Waals surface area contributed by atoms with Gasteiger partial charge in [-0.2, -0.15) is 0 Å². The van der Waals surface area contributed by atoms with Crippen LogP contribution in [-0.4, -0.2) is 38.4 Å². The van der Waals surface area contributed by atoms with Crippen molar-refractivity contribution in [3.8, 4) is 11.3 Å². The Hall–Kier alpha value is -3.16. The van der Waals surface area contributed by atoms with Crippen LogP contribution in [-0.2, 0) is 17.8 Å². The van der Waals surface area contributed by atoms with Gasteiger partial charge >= 0.3 is 0 Å². The molecule has 1 amide bonds. The number of hydrogen-bond acceptors (Lipinski definition) is 5. The second kappa shape index (κ2) is 8.91. The Morgan fingerprint density at radius 2 is 1.97 bits per heavy atom. The molecular weight excluding hydrogens is 416 g/mol. The molecule has 8 heteroatoms. The summed E-state index contributed by atoms with van der Waals surface area (Å²) in [4.78, 5) is 17.4. The third-order valence-corrected chi connectivity index (χ3v) is 5.45. The molecule has 3 heterocycles. The van der Waals surface area contributed by atoms with E-state index in [9.17, 15) is 9.90 Å². The molecule has 0 radical (unpaired) electrons. The van der Waals surface area contributed by atoms with Gasteiger partial charge < -0.3 is 19.5 Å². The number of aromatic nitrogens is 3. The maximum atomic E-state index is 12.7. The molecule has 31 heavy (non-hydrogen) atoms. The van der Waals surface area contributed by atoms with Crippen LogP contribution in [0.2, 0.25) is 5.02 Å². The Morgan fingerprint density at radius 3 is 2.65 bits per heavy atom. The molecule has 1 atom stereocenters. The molecule has 0 spiro atoms. The zero-order valence-electron chi connectivity index (χ0n) is 17.3. The zero-order chi connectivity index (χ0) is 22.0. The Balaban J connectivity index is 1.50. The molecule has 0 aliphatic carbocycles. The van der Waals surface area contributed by atoms with Crippen molar-refractivity contribution in [2.75, 3.05) is 6.61 Å². The van der Waals surface area contributed by atoms with Gasteiger partial charge in [0.1, 0.15) is 18.0 Å². The first-order valence-electron chi connectivity index (χ1n) is 9.98. The lowest BCUT2D eigenvalue weighted by Crippen LogP contribution is -2.40. The van der Waals surface area contributed by atoms with E-state index in [1.54, 1.807) is 16.7 Å². The third-order valence-electron chi connectivity index (χ3n) is 5.20. The van der Waals surface area contributed by atoms with Gasteiger partial charge in [0.2, 0.25) is 5.91 Å². The molecule has 0 saturated carbocycles. The number of aryl methyl sites for hydroxylation is 2. The monoisotopic (exact) mass is 438 g/mol. The van der Waals surface area contributed by atoms with Crippen LogP contribution in [0.3, 0.4) is 0 Å². The van der Waals surface area contributed by atoms with Gasteiger partial charge in [-0.25, -0.2) is 4.98 Å². The molecule has 3 aromatic heterocycles. The minimum absolute atomic E-state index is 0.0959. The number of aliphatic hydroxyl groups excluding tert-OH is 1. The van der Waals surface area contributed by atoms with Crippen molar-refractivity contribution in [1.82, 2.24) is 20.0 Å². The van der Waals surface area contributed by atoms with E-state index in [4.69, 9.17) is 21.1 Å². The highest BCUT2D eigenvalue weighted by Gasteiger charge is 2.16. The second-order valence-electron chi connectivity index (χ2n) is 7.53. The number of pyridine rings is 1. The minimum Gasteiger partial charge on any atom is -0.394 e. The van der Waals surface area contributed by atoms with E-state index in [0.29, 0.717) is 22.9 Å². The van der Waals surface area contributed by atoms with Gasteiger partial charge in [0.05, 0.1) is 29.6 Å². The van der Waals surface area contributed by atoms with E-state index in [-0.39, 0.29) is 25.1 Å². The molecule has 4 aromatic rings. The normalized spacial score (nSPS) is 12.3. The van der Waals surface area contributed by atoms with E-state index < -0.39 is 0 Å². The summed E-state index contributed by atoms with van der Waals surface area (Å²) in [6, 6.07) is 12.8. The molecule has 0 bridgehead atoms. The molecule has 4 rings (SSSR count). The first kappa shape index (κ1) is 21.1. The van der Waals surface area contributed by atoms with Crippen molar-refractivity contribution in [3.05, 3.63) is 70.7 Å². The van der Waals surface area contributed by atoms with Crippen LogP contribution in [0, 0.1) is 13.8 Å². The molecule has 0 saturated heterocycles. The van der Waals surface area contributed by atoms with Crippen LogP contribution in [0.4, 0.5) is 0 Å². The average molecular weight is 439 g/mol. The predicted octanol–water partition coefficient (Wildman–Crippen LogP) is 3.68.